The summed E-state index contributed by atoms with van der Waals surface area (Å²) in [4.78, 5) is 12.5. The van der Waals surface area contributed by atoms with Crippen LogP contribution in [0.4, 0.5) is 0 Å². The third-order valence-corrected chi connectivity index (χ3v) is 3.79. The van der Waals surface area contributed by atoms with Gasteiger partial charge in [0.25, 0.3) is 0 Å². The van der Waals surface area contributed by atoms with E-state index >= 15 is 0 Å². The third kappa shape index (κ3) is 2.11. The quantitative estimate of drug-likeness (QED) is 0.603. The van der Waals surface area contributed by atoms with Crippen LogP contribution in [0.2, 0.25) is 10.0 Å². The molecule has 0 saturated heterocycles. The number of halogens is 2. The number of rotatable bonds is 2. The van der Waals surface area contributed by atoms with Crippen LogP contribution in [0.5, 0.6) is 0 Å². The number of benzene rings is 2. The van der Waals surface area contributed by atoms with Crippen LogP contribution in [-0.4, -0.2) is 5.78 Å². The van der Waals surface area contributed by atoms with Crippen molar-refractivity contribution in [2.75, 3.05) is 0 Å². The van der Waals surface area contributed by atoms with E-state index in [9.17, 15) is 4.79 Å². The Bertz CT molecular complexity index is 818. The number of aryl methyl sites for hydroxylation is 1. The highest BCUT2D eigenvalue weighted by Crippen LogP contribution is 2.30. The van der Waals surface area contributed by atoms with Crippen molar-refractivity contribution in [3.05, 3.63) is 69.4 Å². The van der Waals surface area contributed by atoms with Gasteiger partial charge in [-0.1, -0.05) is 35.3 Å². The minimum atomic E-state index is -0.222. The Kier molecular flexibility index (Phi) is 3.28. The molecular formula is C16H10Cl2O2. The molecule has 3 aromatic rings. The maximum absolute atomic E-state index is 12.5. The summed E-state index contributed by atoms with van der Waals surface area (Å²) in [5, 5.41) is 1.86. The second-order valence-corrected chi connectivity index (χ2v) is 5.35. The van der Waals surface area contributed by atoms with Crippen LogP contribution >= 0.6 is 23.2 Å². The normalized spacial score (nSPS) is 10.9. The highest BCUT2D eigenvalue weighted by Gasteiger charge is 2.20. The van der Waals surface area contributed by atoms with E-state index < -0.39 is 0 Å². The molecule has 2 aromatic carbocycles. The molecule has 100 valence electrons. The fourth-order valence-corrected chi connectivity index (χ4v) is 2.57. The van der Waals surface area contributed by atoms with Gasteiger partial charge < -0.3 is 4.42 Å². The van der Waals surface area contributed by atoms with Crippen LogP contribution in [-0.2, 0) is 0 Å². The number of furan rings is 1. The lowest BCUT2D eigenvalue weighted by atomic mass is 10.0. The molecule has 0 aliphatic carbocycles. The molecule has 0 atom stereocenters. The number of ketones is 1. The van der Waals surface area contributed by atoms with Crippen molar-refractivity contribution in [1.29, 1.82) is 0 Å². The van der Waals surface area contributed by atoms with Gasteiger partial charge in [-0.2, -0.15) is 0 Å². The molecule has 0 aliphatic rings. The Balaban J connectivity index is 2.18. The standard InChI is InChI=1S/C16H10Cl2O2/c1-9-12-8-10(17)6-7-14(12)20-16(9)15(19)11-4-2-3-5-13(11)18/h2-8H,1H3. The molecule has 0 aliphatic heterocycles. The van der Waals surface area contributed by atoms with Crippen LogP contribution in [0.3, 0.4) is 0 Å². The van der Waals surface area contributed by atoms with Gasteiger partial charge >= 0.3 is 0 Å². The number of carbonyl (C=O) groups excluding carboxylic acids is 1. The summed E-state index contributed by atoms with van der Waals surface area (Å²) in [6.45, 7) is 1.84. The minimum absolute atomic E-state index is 0.222. The SMILES string of the molecule is Cc1c(C(=O)c2ccccc2Cl)oc2ccc(Cl)cc12. The summed E-state index contributed by atoms with van der Waals surface area (Å²) in [6, 6.07) is 12.2. The number of carbonyl (C=O) groups is 1. The maximum atomic E-state index is 12.5. The van der Waals surface area contributed by atoms with E-state index in [1.54, 1.807) is 42.5 Å². The van der Waals surface area contributed by atoms with Gasteiger partial charge in [-0.15, -0.1) is 0 Å². The number of hydrogen-bond donors (Lipinski definition) is 0. The van der Waals surface area contributed by atoms with Gasteiger partial charge in [-0.05, 0) is 37.3 Å². The highest BCUT2D eigenvalue weighted by molar-refractivity contribution is 6.35. The van der Waals surface area contributed by atoms with Crippen molar-refractivity contribution in [1.82, 2.24) is 0 Å². The first-order chi connectivity index (χ1) is 9.58. The van der Waals surface area contributed by atoms with Gasteiger partial charge in [-0.3, -0.25) is 4.79 Å². The molecule has 4 heteroatoms. The van der Waals surface area contributed by atoms with Gasteiger partial charge in [0, 0.05) is 21.5 Å². The zero-order valence-electron chi connectivity index (χ0n) is 10.6. The van der Waals surface area contributed by atoms with Gasteiger partial charge in [-0.25, -0.2) is 0 Å². The third-order valence-electron chi connectivity index (χ3n) is 3.22. The summed E-state index contributed by atoms with van der Waals surface area (Å²) in [5.74, 6) is 0.0794. The van der Waals surface area contributed by atoms with E-state index in [0.29, 0.717) is 27.0 Å². The van der Waals surface area contributed by atoms with E-state index in [2.05, 4.69) is 0 Å². The number of hydrogen-bond acceptors (Lipinski definition) is 2. The summed E-state index contributed by atoms with van der Waals surface area (Å²) in [6.07, 6.45) is 0. The molecular weight excluding hydrogens is 295 g/mol. The van der Waals surface area contributed by atoms with Crippen molar-refractivity contribution in [2.45, 2.75) is 6.92 Å². The Morgan fingerprint density at radius 3 is 2.60 bits per heavy atom. The molecule has 1 heterocycles. The number of fused-ring (bicyclic) bond motifs is 1. The van der Waals surface area contributed by atoms with Crippen LogP contribution in [0.15, 0.2) is 46.9 Å². The molecule has 0 saturated carbocycles. The lowest BCUT2D eigenvalue weighted by molar-refractivity contribution is 0.101. The molecule has 0 fully saturated rings. The van der Waals surface area contributed by atoms with E-state index in [-0.39, 0.29) is 5.78 Å². The Morgan fingerprint density at radius 1 is 1.10 bits per heavy atom. The average Bonchev–Trinajstić information content (AvgIpc) is 2.76. The van der Waals surface area contributed by atoms with Crippen LogP contribution < -0.4 is 0 Å². The predicted molar refractivity (Wildman–Crippen MR) is 80.8 cm³/mol. The van der Waals surface area contributed by atoms with Crippen LogP contribution in [0.25, 0.3) is 11.0 Å². The van der Waals surface area contributed by atoms with Crippen molar-refractivity contribution in [3.63, 3.8) is 0 Å². The summed E-state index contributed by atoms with van der Waals surface area (Å²) < 4.78 is 5.66. The fourth-order valence-electron chi connectivity index (χ4n) is 2.18. The second-order valence-electron chi connectivity index (χ2n) is 4.51. The Morgan fingerprint density at radius 2 is 1.85 bits per heavy atom. The average molecular weight is 305 g/mol. The summed E-state index contributed by atoms with van der Waals surface area (Å²) >= 11 is 12.0. The molecule has 0 amide bonds. The van der Waals surface area contributed by atoms with Crippen LogP contribution in [0, 0.1) is 6.92 Å². The van der Waals surface area contributed by atoms with E-state index in [1.807, 2.05) is 6.92 Å². The lowest BCUT2D eigenvalue weighted by Crippen LogP contribution is -2.02. The fraction of sp³-hybridized carbons (Fsp3) is 0.0625. The van der Waals surface area contributed by atoms with Crippen molar-refractivity contribution in [2.24, 2.45) is 0 Å². The summed E-state index contributed by atoms with van der Waals surface area (Å²) in [7, 11) is 0. The molecule has 0 N–H and O–H groups in total. The highest BCUT2D eigenvalue weighted by atomic mass is 35.5. The van der Waals surface area contributed by atoms with Crippen LogP contribution in [0.1, 0.15) is 21.7 Å². The molecule has 1 aromatic heterocycles. The van der Waals surface area contributed by atoms with Crippen molar-refractivity contribution in [3.8, 4) is 0 Å². The molecule has 0 unspecified atom stereocenters. The molecule has 0 radical (unpaired) electrons. The monoisotopic (exact) mass is 304 g/mol. The van der Waals surface area contributed by atoms with Gasteiger partial charge in [0.15, 0.2) is 5.76 Å². The minimum Gasteiger partial charge on any atom is -0.452 e. The maximum Gasteiger partial charge on any atom is 0.229 e. The van der Waals surface area contributed by atoms with Crippen molar-refractivity contribution >= 4 is 40.0 Å². The van der Waals surface area contributed by atoms with Gasteiger partial charge in [0.2, 0.25) is 5.78 Å². The second kappa shape index (κ2) is 4.97. The topological polar surface area (TPSA) is 30.2 Å². The zero-order valence-corrected chi connectivity index (χ0v) is 12.1. The van der Waals surface area contributed by atoms with E-state index in [1.165, 1.54) is 0 Å². The Hall–Kier alpha value is -1.77. The smallest absolute Gasteiger partial charge is 0.229 e. The Labute approximate surface area is 125 Å². The van der Waals surface area contributed by atoms with E-state index in [4.69, 9.17) is 27.6 Å². The molecule has 0 spiro atoms. The first-order valence-electron chi connectivity index (χ1n) is 6.06. The molecule has 3 rings (SSSR count). The van der Waals surface area contributed by atoms with Gasteiger partial charge in [0.05, 0.1) is 5.02 Å². The molecule has 0 bridgehead atoms. The van der Waals surface area contributed by atoms with E-state index in [0.717, 1.165) is 10.9 Å². The summed E-state index contributed by atoms with van der Waals surface area (Å²) in [5.41, 5.74) is 1.84. The first-order valence-corrected chi connectivity index (χ1v) is 6.81. The molecule has 2 nitrogen and oxygen atoms in total. The zero-order chi connectivity index (χ0) is 14.3. The lowest BCUT2D eigenvalue weighted by Gasteiger charge is -2.01. The first kappa shape index (κ1) is 13.2. The largest absolute Gasteiger partial charge is 0.452 e. The predicted octanol–water partition coefficient (Wildman–Crippen LogP) is 5.28. The van der Waals surface area contributed by atoms with Gasteiger partial charge in [0.1, 0.15) is 5.58 Å². The molecule has 20 heavy (non-hydrogen) atoms. The van der Waals surface area contributed by atoms with Crippen molar-refractivity contribution < 1.29 is 9.21 Å².